The van der Waals surface area contributed by atoms with Crippen molar-refractivity contribution in [3.63, 3.8) is 0 Å². The number of fused-ring (bicyclic) bond motifs is 1. The Morgan fingerprint density at radius 2 is 1.91 bits per heavy atom. The molecule has 180 valence electrons. The van der Waals surface area contributed by atoms with E-state index in [0.29, 0.717) is 23.7 Å². The minimum absolute atomic E-state index is 0.345. The Labute approximate surface area is 202 Å². The molecule has 1 aliphatic heterocycles. The molecule has 35 heavy (non-hydrogen) atoms. The van der Waals surface area contributed by atoms with Crippen LogP contribution in [0.5, 0.6) is 0 Å². The summed E-state index contributed by atoms with van der Waals surface area (Å²) in [5.41, 5.74) is 4.17. The van der Waals surface area contributed by atoms with Crippen LogP contribution in [0.25, 0.3) is 11.2 Å². The number of halogens is 1. The minimum Gasteiger partial charge on any atom is -0.337 e. The number of imidazole rings is 1. The molecule has 0 saturated heterocycles. The number of benzene rings is 1. The summed E-state index contributed by atoms with van der Waals surface area (Å²) >= 11 is 0. The van der Waals surface area contributed by atoms with Gasteiger partial charge < -0.3 is 10.2 Å². The molecule has 3 aromatic heterocycles. The van der Waals surface area contributed by atoms with Crippen molar-refractivity contribution < 1.29 is 12.8 Å². The molecule has 0 bridgehead atoms. The van der Waals surface area contributed by atoms with E-state index in [1.807, 2.05) is 23.0 Å². The molecule has 0 spiro atoms. The third-order valence-electron chi connectivity index (χ3n) is 5.94. The van der Waals surface area contributed by atoms with Crippen LogP contribution in [0.2, 0.25) is 0 Å². The van der Waals surface area contributed by atoms with Gasteiger partial charge >= 0.3 is 0 Å². The first kappa shape index (κ1) is 22.9. The summed E-state index contributed by atoms with van der Waals surface area (Å²) in [7, 11) is -3.64. The number of aromatic nitrogens is 5. The SMILES string of the molecule is CCc1cnc(N2CC=C(c3cnc4c(Nc5ccc(S(C)(=O)=O)c(F)c5)nccn34)CC2)nc1. The Balaban J connectivity index is 1.38. The second-order valence-corrected chi connectivity index (χ2v) is 10.3. The molecule has 4 heterocycles. The van der Waals surface area contributed by atoms with Gasteiger partial charge in [0, 0.05) is 49.8 Å². The Morgan fingerprint density at radius 3 is 2.57 bits per heavy atom. The number of nitrogens with zero attached hydrogens (tertiary/aromatic N) is 6. The van der Waals surface area contributed by atoms with Gasteiger partial charge in [0.15, 0.2) is 21.3 Å². The summed E-state index contributed by atoms with van der Waals surface area (Å²) in [6.07, 6.45) is 13.8. The lowest BCUT2D eigenvalue weighted by Crippen LogP contribution is -2.30. The molecule has 5 rings (SSSR count). The van der Waals surface area contributed by atoms with Crippen LogP contribution in [-0.2, 0) is 16.3 Å². The summed E-state index contributed by atoms with van der Waals surface area (Å²) in [6, 6.07) is 3.88. The first-order chi connectivity index (χ1) is 16.8. The van der Waals surface area contributed by atoms with Crippen LogP contribution < -0.4 is 10.2 Å². The van der Waals surface area contributed by atoms with Gasteiger partial charge in [-0.25, -0.2) is 32.7 Å². The van der Waals surface area contributed by atoms with Crippen molar-refractivity contribution in [2.24, 2.45) is 0 Å². The van der Waals surface area contributed by atoms with E-state index < -0.39 is 15.7 Å². The zero-order valence-electron chi connectivity index (χ0n) is 19.3. The average Bonchev–Trinajstić information content (AvgIpc) is 3.29. The summed E-state index contributed by atoms with van der Waals surface area (Å²) in [6.45, 7) is 3.55. The van der Waals surface area contributed by atoms with Gasteiger partial charge in [-0.15, -0.1) is 0 Å². The van der Waals surface area contributed by atoms with Crippen LogP contribution in [0.3, 0.4) is 0 Å². The highest BCUT2D eigenvalue weighted by Crippen LogP contribution is 2.28. The quantitative estimate of drug-likeness (QED) is 0.434. The predicted molar refractivity (Wildman–Crippen MR) is 132 cm³/mol. The number of anilines is 3. The molecule has 0 unspecified atom stereocenters. The van der Waals surface area contributed by atoms with Crippen molar-refractivity contribution in [2.75, 3.05) is 29.6 Å². The maximum absolute atomic E-state index is 14.3. The van der Waals surface area contributed by atoms with Crippen molar-refractivity contribution in [1.82, 2.24) is 24.3 Å². The molecule has 1 aliphatic rings. The van der Waals surface area contributed by atoms with Gasteiger partial charge in [-0.05, 0) is 42.2 Å². The second-order valence-electron chi connectivity index (χ2n) is 8.33. The first-order valence-electron chi connectivity index (χ1n) is 11.2. The van der Waals surface area contributed by atoms with E-state index in [2.05, 4.69) is 43.2 Å². The van der Waals surface area contributed by atoms with Crippen LogP contribution in [0.4, 0.5) is 21.8 Å². The summed E-state index contributed by atoms with van der Waals surface area (Å²) in [5, 5.41) is 3.05. The lowest BCUT2D eigenvalue weighted by atomic mass is 10.1. The van der Waals surface area contributed by atoms with E-state index in [1.165, 1.54) is 12.1 Å². The molecule has 0 fully saturated rings. The molecule has 1 N–H and O–H groups in total. The Kier molecular flexibility index (Phi) is 5.93. The van der Waals surface area contributed by atoms with Gasteiger partial charge in [0.1, 0.15) is 10.7 Å². The highest BCUT2D eigenvalue weighted by atomic mass is 32.2. The van der Waals surface area contributed by atoms with E-state index in [-0.39, 0.29) is 4.90 Å². The van der Waals surface area contributed by atoms with Gasteiger partial charge in [-0.3, -0.25) is 4.40 Å². The fraction of sp³-hybridized carbons (Fsp3) is 0.250. The number of nitrogens with one attached hydrogen (secondary N) is 1. The van der Waals surface area contributed by atoms with Crippen LogP contribution in [0.15, 0.2) is 60.2 Å². The zero-order valence-corrected chi connectivity index (χ0v) is 20.1. The molecule has 0 atom stereocenters. The van der Waals surface area contributed by atoms with Crippen molar-refractivity contribution in [3.05, 3.63) is 72.3 Å². The minimum atomic E-state index is -3.64. The number of sulfone groups is 1. The second kappa shape index (κ2) is 9.06. The zero-order chi connectivity index (χ0) is 24.6. The van der Waals surface area contributed by atoms with E-state index in [1.54, 1.807) is 12.4 Å². The van der Waals surface area contributed by atoms with Gasteiger partial charge in [0.2, 0.25) is 5.95 Å². The third kappa shape index (κ3) is 4.59. The number of hydrogen-bond acceptors (Lipinski definition) is 8. The summed E-state index contributed by atoms with van der Waals surface area (Å²) in [4.78, 5) is 19.6. The Morgan fingerprint density at radius 1 is 1.11 bits per heavy atom. The van der Waals surface area contributed by atoms with Crippen LogP contribution in [0.1, 0.15) is 24.6 Å². The summed E-state index contributed by atoms with van der Waals surface area (Å²) in [5.74, 6) is 0.340. The topological polar surface area (TPSA) is 105 Å². The maximum atomic E-state index is 14.3. The van der Waals surface area contributed by atoms with Crippen molar-refractivity contribution in [2.45, 2.75) is 24.7 Å². The molecule has 0 radical (unpaired) electrons. The smallest absolute Gasteiger partial charge is 0.225 e. The third-order valence-corrected chi connectivity index (χ3v) is 7.07. The first-order valence-corrected chi connectivity index (χ1v) is 13.1. The van der Waals surface area contributed by atoms with Crippen LogP contribution >= 0.6 is 0 Å². The van der Waals surface area contributed by atoms with Gasteiger partial charge in [0.25, 0.3) is 0 Å². The fourth-order valence-electron chi connectivity index (χ4n) is 4.04. The van der Waals surface area contributed by atoms with Crippen LogP contribution in [-0.4, -0.2) is 52.1 Å². The molecule has 9 nitrogen and oxygen atoms in total. The van der Waals surface area contributed by atoms with E-state index in [4.69, 9.17) is 0 Å². The molecule has 1 aromatic carbocycles. The molecular formula is C24H24FN7O2S. The number of hydrogen-bond donors (Lipinski definition) is 1. The molecule has 0 aliphatic carbocycles. The van der Waals surface area contributed by atoms with E-state index in [9.17, 15) is 12.8 Å². The van der Waals surface area contributed by atoms with Gasteiger partial charge in [0.05, 0.1) is 11.9 Å². The number of rotatable bonds is 6. The highest BCUT2D eigenvalue weighted by Gasteiger charge is 2.19. The Bertz CT molecular complexity index is 1530. The summed E-state index contributed by atoms with van der Waals surface area (Å²) < 4.78 is 39.6. The van der Waals surface area contributed by atoms with Crippen molar-refractivity contribution in [3.8, 4) is 0 Å². The maximum Gasteiger partial charge on any atom is 0.225 e. The molecule has 11 heteroatoms. The Hall–Kier alpha value is -3.86. The van der Waals surface area contributed by atoms with Gasteiger partial charge in [-0.2, -0.15) is 0 Å². The monoisotopic (exact) mass is 493 g/mol. The predicted octanol–water partition coefficient (Wildman–Crippen LogP) is 3.66. The lowest BCUT2D eigenvalue weighted by molar-refractivity contribution is 0.571. The normalized spacial score (nSPS) is 14.3. The number of aryl methyl sites for hydroxylation is 1. The van der Waals surface area contributed by atoms with E-state index in [0.717, 1.165) is 54.5 Å². The molecule has 0 saturated carbocycles. The molecular weight excluding hydrogens is 469 g/mol. The largest absolute Gasteiger partial charge is 0.337 e. The fourth-order valence-corrected chi connectivity index (χ4v) is 4.77. The highest BCUT2D eigenvalue weighted by molar-refractivity contribution is 7.90. The molecule has 0 amide bonds. The average molecular weight is 494 g/mol. The molecule has 4 aromatic rings. The lowest BCUT2D eigenvalue weighted by Gasteiger charge is -2.26. The van der Waals surface area contributed by atoms with E-state index >= 15 is 0 Å². The standard InChI is InChI=1S/C24H24FN7O2S/c1-3-16-13-28-24(29-14-16)31-9-6-17(7-10-31)20-15-27-23-22(26-8-11-32(20)23)30-18-4-5-21(19(25)12-18)35(2,33)34/h4-6,8,11-15H,3,7,9-10H2,1-2H3,(H,26,30). The van der Waals surface area contributed by atoms with Gasteiger partial charge in [-0.1, -0.05) is 13.0 Å². The van der Waals surface area contributed by atoms with Crippen molar-refractivity contribution in [1.29, 1.82) is 0 Å². The van der Waals surface area contributed by atoms with Crippen LogP contribution in [0, 0.1) is 5.82 Å². The van der Waals surface area contributed by atoms with Crippen molar-refractivity contribution >= 4 is 38.5 Å².